The Labute approximate surface area is 168 Å². The van der Waals surface area contributed by atoms with Crippen LogP contribution in [0.4, 0.5) is 19.0 Å². The number of halogens is 3. The highest BCUT2D eigenvalue weighted by atomic mass is 19.4. The van der Waals surface area contributed by atoms with Gasteiger partial charge in [-0.1, -0.05) is 13.8 Å². The number of anilines is 1. The second kappa shape index (κ2) is 7.62. The molecule has 1 aliphatic rings. The van der Waals surface area contributed by atoms with E-state index < -0.39 is 11.7 Å². The van der Waals surface area contributed by atoms with E-state index in [1.807, 2.05) is 4.90 Å². The summed E-state index contributed by atoms with van der Waals surface area (Å²) in [7, 11) is 0. The zero-order valence-electron chi connectivity index (χ0n) is 16.3. The van der Waals surface area contributed by atoms with Gasteiger partial charge in [-0.3, -0.25) is 5.10 Å². The lowest BCUT2D eigenvalue weighted by molar-refractivity contribution is -0.137. The number of hydrogen-bond acceptors (Lipinski definition) is 5. The van der Waals surface area contributed by atoms with Crippen LogP contribution in [0.5, 0.6) is 0 Å². The van der Waals surface area contributed by atoms with Crippen LogP contribution in [0, 0.1) is 5.92 Å². The summed E-state index contributed by atoms with van der Waals surface area (Å²) in [6, 6.07) is 6.22. The number of nitrogens with zero attached hydrogens (tertiary/aromatic N) is 4. The van der Waals surface area contributed by atoms with E-state index in [2.05, 4.69) is 39.3 Å². The molecule has 0 bridgehead atoms. The van der Waals surface area contributed by atoms with E-state index in [1.54, 1.807) is 18.3 Å². The Morgan fingerprint density at radius 3 is 2.86 bits per heavy atom. The van der Waals surface area contributed by atoms with Crippen molar-refractivity contribution in [3.8, 4) is 11.4 Å². The van der Waals surface area contributed by atoms with E-state index in [0.717, 1.165) is 19.0 Å². The second-order valence-corrected chi connectivity index (χ2v) is 7.76. The highest BCUT2D eigenvalue weighted by molar-refractivity contribution is 5.90. The number of hydrogen-bond donors (Lipinski definition) is 2. The van der Waals surface area contributed by atoms with Gasteiger partial charge < -0.3 is 10.2 Å². The largest absolute Gasteiger partial charge is 0.418 e. The summed E-state index contributed by atoms with van der Waals surface area (Å²) in [4.78, 5) is 10.6. The monoisotopic (exact) mass is 406 g/mol. The minimum atomic E-state index is -4.52. The van der Waals surface area contributed by atoms with E-state index in [1.165, 1.54) is 6.07 Å². The number of pyridine rings is 2. The van der Waals surface area contributed by atoms with Crippen LogP contribution in [0.15, 0.2) is 30.5 Å². The van der Waals surface area contributed by atoms with Crippen molar-refractivity contribution in [2.45, 2.75) is 32.5 Å². The fourth-order valence-corrected chi connectivity index (χ4v) is 3.84. The van der Waals surface area contributed by atoms with E-state index >= 15 is 0 Å². The lowest BCUT2D eigenvalue weighted by Gasteiger charge is -2.35. The van der Waals surface area contributed by atoms with Crippen molar-refractivity contribution in [1.29, 1.82) is 0 Å². The van der Waals surface area contributed by atoms with Gasteiger partial charge in [0.25, 0.3) is 0 Å². The molecule has 0 unspecified atom stereocenters. The Kier molecular flexibility index (Phi) is 5.16. The van der Waals surface area contributed by atoms with Gasteiger partial charge in [0.15, 0.2) is 5.65 Å². The lowest BCUT2D eigenvalue weighted by Crippen LogP contribution is -2.51. The molecule has 1 aliphatic heterocycles. The summed E-state index contributed by atoms with van der Waals surface area (Å²) < 4.78 is 41.1. The van der Waals surface area contributed by atoms with Crippen LogP contribution in [-0.4, -0.2) is 45.8 Å². The third-order valence-electron chi connectivity index (χ3n) is 5.09. The minimum absolute atomic E-state index is 0. The number of alkyl halides is 3. The van der Waals surface area contributed by atoms with Gasteiger partial charge in [0.1, 0.15) is 11.5 Å². The molecule has 1 fully saturated rings. The first-order chi connectivity index (χ1) is 13.8. The van der Waals surface area contributed by atoms with Crippen molar-refractivity contribution in [2.75, 3.05) is 24.5 Å². The zero-order chi connectivity index (χ0) is 20.6. The summed E-state index contributed by atoms with van der Waals surface area (Å²) in [6.07, 6.45) is -1.97. The van der Waals surface area contributed by atoms with Crippen LogP contribution < -0.4 is 10.2 Å². The van der Waals surface area contributed by atoms with Crippen LogP contribution >= 0.6 is 0 Å². The first kappa shape index (κ1) is 19.6. The number of aromatic nitrogens is 4. The molecule has 4 heterocycles. The highest BCUT2D eigenvalue weighted by Gasteiger charge is 2.36. The SMILES string of the molecule is CC(C)C[C@@H]1CN(c2ccc(C(F)(F)F)c(-c3[nH]nc4ncccc34)n2)CCN1.[HH]. The third-order valence-corrected chi connectivity index (χ3v) is 5.09. The molecule has 156 valence electrons. The molecule has 4 rings (SSSR count). The Morgan fingerprint density at radius 1 is 1.28 bits per heavy atom. The number of nitrogens with one attached hydrogen (secondary N) is 2. The molecule has 0 radical (unpaired) electrons. The van der Waals surface area contributed by atoms with E-state index in [4.69, 9.17) is 0 Å². The number of aromatic amines is 1. The Bertz CT molecular complexity index is 1000. The first-order valence-electron chi connectivity index (χ1n) is 9.69. The molecule has 0 spiro atoms. The predicted octanol–water partition coefficient (Wildman–Crippen LogP) is 4.11. The van der Waals surface area contributed by atoms with Crippen molar-refractivity contribution in [2.24, 2.45) is 5.92 Å². The van der Waals surface area contributed by atoms with Gasteiger partial charge in [-0.2, -0.15) is 18.3 Å². The molecule has 0 aromatic carbocycles. The number of rotatable bonds is 4. The van der Waals surface area contributed by atoms with Crippen LogP contribution in [0.3, 0.4) is 0 Å². The lowest BCUT2D eigenvalue weighted by atomic mass is 10.0. The maximum Gasteiger partial charge on any atom is 0.418 e. The summed E-state index contributed by atoms with van der Waals surface area (Å²) >= 11 is 0. The Morgan fingerprint density at radius 2 is 2.10 bits per heavy atom. The molecule has 2 N–H and O–H groups in total. The third kappa shape index (κ3) is 4.05. The van der Waals surface area contributed by atoms with Crippen LogP contribution in [0.25, 0.3) is 22.4 Å². The van der Waals surface area contributed by atoms with E-state index in [0.29, 0.717) is 35.9 Å². The average molecular weight is 406 g/mol. The van der Waals surface area contributed by atoms with Gasteiger partial charge in [0.2, 0.25) is 0 Å². The molecule has 3 aromatic rings. The van der Waals surface area contributed by atoms with Crippen LogP contribution in [0.1, 0.15) is 27.3 Å². The van der Waals surface area contributed by atoms with Crippen LogP contribution in [0.2, 0.25) is 0 Å². The summed E-state index contributed by atoms with van der Waals surface area (Å²) in [5.74, 6) is 1.07. The van der Waals surface area contributed by atoms with Gasteiger partial charge in [-0.15, -0.1) is 0 Å². The summed E-state index contributed by atoms with van der Waals surface area (Å²) in [6.45, 7) is 6.49. The molecule has 0 aliphatic carbocycles. The normalized spacial score (nSPS) is 18.0. The van der Waals surface area contributed by atoms with Gasteiger partial charge in [0, 0.05) is 38.7 Å². The maximum absolute atomic E-state index is 13.7. The Hall–Kier alpha value is -2.68. The minimum Gasteiger partial charge on any atom is -0.354 e. The smallest absolute Gasteiger partial charge is 0.354 e. The molecule has 1 saturated heterocycles. The number of piperazine rings is 1. The Balaban J connectivity index is 0.00000256. The topological polar surface area (TPSA) is 69.7 Å². The molecule has 1 atom stereocenters. The quantitative estimate of drug-likeness (QED) is 0.682. The van der Waals surface area contributed by atoms with E-state index in [9.17, 15) is 13.2 Å². The van der Waals surface area contributed by atoms with E-state index in [-0.39, 0.29) is 18.9 Å². The van der Waals surface area contributed by atoms with Gasteiger partial charge in [-0.05, 0) is 36.6 Å². The summed E-state index contributed by atoms with van der Waals surface area (Å²) in [5.41, 5.74) is -0.341. The summed E-state index contributed by atoms with van der Waals surface area (Å²) in [5, 5.41) is 10.7. The number of H-pyrrole nitrogens is 1. The molecule has 0 saturated carbocycles. The standard InChI is InChI=1S/C20H23F3N6.H2/c1-12(2)10-13-11-29(9-8-24-13)16-6-5-15(20(21,22)23)18(26-16)17-14-4-3-7-25-19(14)28-27-17;/h3-7,12-13,24H,8-11H2,1-2H3,(H,25,27,28);1H/t13-;/m1./s1. The van der Waals surface area contributed by atoms with Crippen molar-refractivity contribution in [1.82, 2.24) is 25.5 Å². The fourth-order valence-electron chi connectivity index (χ4n) is 3.84. The van der Waals surface area contributed by atoms with Gasteiger partial charge in [0.05, 0.1) is 11.3 Å². The molecule has 9 heteroatoms. The second-order valence-electron chi connectivity index (χ2n) is 7.76. The van der Waals surface area contributed by atoms with Crippen molar-refractivity contribution in [3.05, 3.63) is 36.0 Å². The highest BCUT2D eigenvalue weighted by Crippen LogP contribution is 2.38. The molecule has 29 heavy (non-hydrogen) atoms. The predicted molar refractivity (Wildman–Crippen MR) is 108 cm³/mol. The molecule has 6 nitrogen and oxygen atoms in total. The van der Waals surface area contributed by atoms with Crippen molar-refractivity contribution >= 4 is 16.9 Å². The fraction of sp³-hybridized carbons (Fsp3) is 0.450. The zero-order valence-corrected chi connectivity index (χ0v) is 16.3. The van der Waals surface area contributed by atoms with Crippen LogP contribution in [-0.2, 0) is 6.18 Å². The molecular weight excluding hydrogens is 381 g/mol. The van der Waals surface area contributed by atoms with Gasteiger partial charge in [-0.25, -0.2) is 9.97 Å². The van der Waals surface area contributed by atoms with Crippen molar-refractivity contribution < 1.29 is 14.6 Å². The average Bonchev–Trinajstić information content (AvgIpc) is 3.10. The molecule has 0 amide bonds. The van der Waals surface area contributed by atoms with Crippen molar-refractivity contribution in [3.63, 3.8) is 0 Å². The van der Waals surface area contributed by atoms with Gasteiger partial charge >= 0.3 is 6.18 Å². The first-order valence-corrected chi connectivity index (χ1v) is 9.69. The molecule has 3 aromatic heterocycles. The maximum atomic E-state index is 13.7. The molecular formula is C20H25F3N6. The number of fused-ring (bicyclic) bond motifs is 1.